The Hall–Kier alpha value is -0.780. The molecule has 1 saturated carbocycles. The maximum atomic E-state index is 2.44. The fourth-order valence-electron chi connectivity index (χ4n) is 3.37. The molecule has 1 aliphatic rings. The van der Waals surface area contributed by atoms with Crippen LogP contribution in [0, 0.1) is 11.8 Å². The predicted octanol–water partition coefficient (Wildman–Crippen LogP) is 6.84. The average molecular weight is 274 g/mol. The second-order valence-corrected chi connectivity index (χ2v) is 6.29. The van der Waals surface area contributed by atoms with Gasteiger partial charge in [-0.25, -0.2) is 0 Å². The van der Waals surface area contributed by atoms with Crippen LogP contribution in [0.4, 0.5) is 0 Å². The van der Waals surface area contributed by atoms with E-state index >= 15 is 0 Å². The largest absolute Gasteiger partial charge is 0.0877 e. The molecule has 114 valence electrons. The Balaban J connectivity index is 2.69. The summed E-state index contributed by atoms with van der Waals surface area (Å²) < 4.78 is 0. The first-order chi connectivity index (χ1) is 9.79. The van der Waals surface area contributed by atoms with E-state index in [0.717, 1.165) is 5.92 Å². The third-order valence-corrected chi connectivity index (χ3v) is 4.72. The van der Waals surface area contributed by atoms with Gasteiger partial charge in [0.15, 0.2) is 0 Å². The van der Waals surface area contributed by atoms with Crippen molar-refractivity contribution in [1.82, 2.24) is 0 Å². The molecule has 1 unspecified atom stereocenters. The van der Waals surface area contributed by atoms with E-state index in [-0.39, 0.29) is 0 Å². The van der Waals surface area contributed by atoms with Gasteiger partial charge in [0.1, 0.15) is 0 Å². The highest BCUT2D eigenvalue weighted by Gasteiger charge is 2.19. The highest BCUT2D eigenvalue weighted by Crippen LogP contribution is 2.32. The Morgan fingerprint density at radius 2 is 1.40 bits per heavy atom. The smallest absolute Gasteiger partial charge is 0.0162 e. The second-order valence-electron chi connectivity index (χ2n) is 6.29. The van der Waals surface area contributed by atoms with Crippen molar-refractivity contribution in [1.29, 1.82) is 0 Å². The minimum absolute atomic E-state index is 0.696. The lowest BCUT2D eigenvalue weighted by Crippen LogP contribution is -2.14. The van der Waals surface area contributed by atoms with Gasteiger partial charge in [0.05, 0.1) is 0 Å². The van der Waals surface area contributed by atoms with Gasteiger partial charge in [0, 0.05) is 0 Å². The summed E-state index contributed by atoms with van der Waals surface area (Å²) in [4.78, 5) is 0. The van der Waals surface area contributed by atoms with Crippen LogP contribution >= 0.6 is 0 Å². The van der Waals surface area contributed by atoms with Crippen LogP contribution in [0.1, 0.15) is 78.6 Å². The van der Waals surface area contributed by atoms with E-state index < -0.39 is 0 Å². The molecule has 0 aliphatic heterocycles. The molecule has 1 atom stereocenters. The zero-order valence-electron chi connectivity index (χ0n) is 13.9. The van der Waals surface area contributed by atoms with Gasteiger partial charge in [-0.1, -0.05) is 82.2 Å². The summed E-state index contributed by atoms with van der Waals surface area (Å²) in [6, 6.07) is 0. The molecule has 0 aromatic carbocycles. The summed E-state index contributed by atoms with van der Waals surface area (Å²) in [6.07, 6.45) is 24.1. The van der Waals surface area contributed by atoms with Gasteiger partial charge in [0.25, 0.3) is 0 Å². The first kappa shape index (κ1) is 17.3. The maximum absolute atomic E-state index is 2.44. The van der Waals surface area contributed by atoms with Gasteiger partial charge in [-0.3, -0.25) is 0 Å². The van der Waals surface area contributed by atoms with Crippen molar-refractivity contribution in [3.8, 4) is 0 Å². The van der Waals surface area contributed by atoms with E-state index in [1.54, 1.807) is 0 Å². The van der Waals surface area contributed by atoms with E-state index in [9.17, 15) is 0 Å². The molecule has 0 aromatic rings. The second kappa shape index (κ2) is 10.9. The van der Waals surface area contributed by atoms with E-state index in [1.165, 1.54) is 63.4 Å². The van der Waals surface area contributed by atoms with Crippen molar-refractivity contribution in [3.63, 3.8) is 0 Å². The summed E-state index contributed by atoms with van der Waals surface area (Å²) in [6.45, 7) is 6.66. The highest BCUT2D eigenvalue weighted by molar-refractivity contribution is 5.26. The Kier molecular flexibility index (Phi) is 9.45. The number of hydrogen-bond donors (Lipinski definition) is 0. The zero-order chi connectivity index (χ0) is 14.6. The molecule has 1 fully saturated rings. The molecule has 0 radical (unpaired) electrons. The van der Waals surface area contributed by atoms with E-state index in [0.29, 0.717) is 5.92 Å². The SMILES string of the molecule is CC=CC=C(C=CC)C(C)C1CCCCCCCCC1. The fraction of sp³-hybridized carbons (Fsp3) is 0.700. The molecule has 0 aromatic heterocycles. The third-order valence-electron chi connectivity index (χ3n) is 4.72. The first-order valence-electron chi connectivity index (χ1n) is 8.75. The van der Waals surface area contributed by atoms with Crippen LogP contribution in [0.3, 0.4) is 0 Å². The standard InChI is InChI=1S/C20H34/c1-4-6-15-19(14-5-2)18(3)20-16-12-10-8-7-9-11-13-17-20/h4-6,14-15,18,20H,7-13,16-17H2,1-3H3. The molecule has 1 aliphatic carbocycles. The van der Waals surface area contributed by atoms with E-state index in [4.69, 9.17) is 0 Å². The molecule has 0 spiro atoms. The van der Waals surface area contributed by atoms with E-state index in [1.807, 2.05) is 0 Å². The topological polar surface area (TPSA) is 0 Å². The molecule has 0 nitrogen and oxygen atoms in total. The first-order valence-corrected chi connectivity index (χ1v) is 8.75. The number of allylic oxidation sites excluding steroid dienone is 6. The number of hydrogen-bond acceptors (Lipinski definition) is 0. The Labute approximate surface area is 127 Å². The Morgan fingerprint density at radius 3 is 1.90 bits per heavy atom. The fourth-order valence-corrected chi connectivity index (χ4v) is 3.37. The van der Waals surface area contributed by atoms with Crippen molar-refractivity contribution in [2.45, 2.75) is 78.6 Å². The van der Waals surface area contributed by atoms with Gasteiger partial charge in [-0.05, 0) is 44.1 Å². The molecule has 0 N–H and O–H groups in total. The quantitative estimate of drug-likeness (QED) is 0.492. The molecule has 1 rings (SSSR count). The lowest BCUT2D eigenvalue weighted by atomic mass is 9.79. The summed E-state index contributed by atoms with van der Waals surface area (Å²) in [5.74, 6) is 1.57. The molecule has 0 amide bonds. The van der Waals surface area contributed by atoms with Gasteiger partial charge in [-0.15, -0.1) is 0 Å². The van der Waals surface area contributed by atoms with Crippen molar-refractivity contribution in [2.75, 3.05) is 0 Å². The predicted molar refractivity (Wildman–Crippen MR) is 91.9 cm³/mol. The summed E-state index contributed by atoms with van der Waals surface area (Å²) in [7, 11) is 0. The van der Waals surface area contributed by atoms with Crippen LogP contribution < -0.4 is 0 Å². The van der Waals surface area contributed by atoms with Crippen molar-refractivity contribution >= 4 is 0 Å². The van der Waals surface area contributed by atoms with Crippen molar-refractivity contribution < 1.29 is 0 Å². The van der Waals surface area contributed by atoms with Crippen LogP contribution in [-0.2, 0) is 0 Å². The molecule has 20 heavy (non-hydrogen) atoms. The zero-order valence-corrected chi connectivity index (χ0v) is 13.9. The van der Waals surface area contributed by atoms with Gasteiger partial charge < -0.3 is 0 Å². The van der Waals surface area contributed by atoms with Crippen LogP contribution in [0.25, 0.3) is 0 Å². The van der Waals surface area contributed by atoms with Crippen LogP contribution in [0.2, 0.25) is 0 Å². The minimum atomic E-state index is 0.696. The third kappa shape index (κ3) is 6.59. The molecule has 0 heterocycles. The Bertz CT molecular complexity index is 309. The van der Waals surface area contributed by atoms with Crippen LogP contribution in [0.15, 0.2) is 36.0 Å². The molecule has 0 bridgehead atoms. The lowest BCUT2D eigenvalue weighted by Gasteiger charge is -2.26. The minimum Gasteiger partial charge on any atom is -0.0877 e. The van der Waals surface area contributed by atoms with Gasteiger partial charge in [-0.2, -0.15) is 0 Å². The molecular weight excluding hydrogens is 240 g/mol. The normalized spacial score (nSPS) is 22.4. The summed E-state index contributed by atoms with van der Waals surface area (Å²) in [5.41, 5.74) is 1.51. The number of rotatable bonds is 4. The van der Waals surface area contributed by atoms with Crippen LogP contribution in [0.5, 0.6) is 0 Å². The molecular formula is C20H34. The van der Waals surface area contributed by atoms with Crippen molar-refractivity contribution in [2.24, 2.45) is 11.8 Å². The average Bonchev–Trinajstić information content (AvgIpc) is 2.48. The van der Waals surface area contributed by atoms with Gasteiger partial charge in [0.2, 0.25) is 0 Å². The highest BCUT2D eigenvalue weighted by atomic mass is 14.2. The van der Waals surface area contributed by atoms with E-state index in [2.05, 4.69) is 51.2 Å². The van der Waals surface area contributed by atoms with Crippen LogP contribution in [-0.4, -0.2) is 0 Å². The lowest BCUT2D eigenvalue weighted by molar-refractivity contribution is 0.321. The summed E-state index contributed by atoms with van der Waals surface area (Å²) >= 11 is 0. The van der Waals surface area contributed by atoms with Gasteiger partial charge >= 0.3 is 0 Å². The van der Waals surface area contributed by atoms with Crippen molar-refractivity contribution in [3.05, 3.63) is 36.0 Å². The monoisotopic (exact) mass is 274 g/mol. The Morgan fingerprint density at radius 1 is 0.850 bits per heavy atom. The summed E-state index contributed by atoms with van der Waals surface area (Å²) in [5, 5.41) is 0. The molecule has 0 saturated heterocycles. The molecule has 0 heteroatoms. The maximum Gasteiger partial charge on any atom is -0.0162 e.